The Hall–Kier alpha value is -1.07. The molecule has 5 heteroatoms. The molecule has 1 aliphatic rings. The number of benzene rings is 1. The van der Waals surface area contributed by atoms with E-state index >= 15 is 0 Å². The van der Waals surface area contributed by atoms with E-state index in [0.717, 1.165) is 19.3 Å². The van der Waals surface area contributed by atoms with Gasteiger partial charge in [-0.05, 0) is 44.0 Å². The van der Waals surface area contributed by atoms with Crippen molar-refractivity contribution in [2.24, 2.45) is 0 Å². The minimum atomic E-state index is -3.35. The van der Waals surface area contributed by atoms with Gasteiger partial charge in [-0.3, -0.25) is 0 Å². The van der Waals surface area contributed by atoms with Crippen molar-refractivity contribution in [1.29, 1.82) is 0 Å². The maximum atomic E-state index is 12.4. The molecule has 1 saturated heterocycles. The van der Waals surface area contributed by atoms with Gasteiger partial charge in [-0.1, -0.05) is 6.42 Å². The van der Waals surface area contributed by atoms with E-state index in [1.807, 2.05) is 6.92 Å². The lowest BCUT2D eigenvalue weighted by molar-refractivity contribution is 0.268. The van der Waals surface area contributed by atoms with E-state index in [4.69, 9.17) is 5.73 Å². The Labute approximate surface area is 102 Å². The molecule has 2 rings (SSSR count). The van der Waals surface area contributed by atoms with Crippen molar-refractivity contribution in [3.63, 3.8) is 0 Å². The molecule has 0 unspecified atom stereocenters. The van der Waals surface area contributed by atoms with Crippen LogP contribution in [-0.4, -0.2) is 25.3 Å². The highest BCUT2D eigenvalue weighted by Crippen LogP contribution is 2.25. The maximum absolute atomic E-state index is 12.4. The minimum absolute atomic E-state index is 0.0892. The average molecular weight is 254 g/mol. The predicted octanol–water partition coefficient (Wildman–Crippen LogP) is 1.83. The van der Waals surface area contributed by atoms with Gasteiger partial charge in [0.25, 0.3) is 0 Å². The second-order valence-corrected chi connectivity index (χ2v) is 6.42. The summed E-state index contributed by atoms with van der Waals surface area (Å²) in [5, 5.41) is 0. The first kappa shape index (κ1) is 12.4. The van der Waals surface area contributed by atoms with Gasteiger partial charge in [0, 0.05) is 18.3 Å². The number of rotatable bonds is 2. The SMILES string of the molecule is C[C@@H]1CCCCN1S(=O)(=O)c1ccc(N)cc1. The summed E-state index contributed by atoms with van der Waals surface area (Å²) in [6.45, 7) is 2.59. The topological polar surface area (TPSA) is 63.4 Å². The molecule has 0 aromatic heterocycles. The molecule has 1 aliphatic heterocycles. The third kappa shape index (κ3) is 2.45. The largest absolute Gasteiger partial charge is 0.399 e. The van der Waals surface area contributed by atoms with Crippen LogP contribution in [-0.2, 0) is 10.0 Å². The predicted molar refractivity (Wildman–Crippen MR) is 68.1 cm³/mol. The molecule has 0 bridgehead atoms. The van der Waals surface area contributed by atoms with Gasteiger partial charge in [-0.15, -0.1) is 0 Å². The molecular formula is C12H18N2O2S. The second-order valence-electron chi connectivity index (χ2n) is 4.53. The highest BCUT2D eigenvalue weighted by Gasteiger charge is 2.30. The van der Waals surface area contributed by atoms with Crippen molar-refractivity contribution < 1.29 is 8.42 Å². The lowest BCUT2D eigenvalue weighted by atomic mass is 10.1. The number of nitrogens with zero attached hydrogens (tertiary/aromatic N) is 1. The average Bonchev–Trinajstić information content (AvgIpc) is 2.30. The molecule has 1 aromatic carbocycles. The van der Waals surface area contributed by atoms with Gasteiger partial charge in [0.15, 0.2) is 0 Å². The summed E-state index contributed by atoms with van der Waals surface area (Å²) in [5.74, 6) is 0. The van der Waals surface area contributed by atoms with Gasteiger partial charge in [-0.25, -0.2) is 8.42 Å². The highest BCUT2D eigenvalue weighted by molar-refractivity contribution is 7.89. The number of nitrogens with two attached hydrogens (primary N) is 1. The molecule has 94 valence electrons. The number of hydrogen-bond acceptors (Lipinski definition) is 3. The van der Waals surface area contributed by atoms with Gasteiger partial charge >= 0.3 is 0 Å². The van der Waals surface area contributed by atoms with Gasteiger partial charge in [0.05, 0.1) is 4.90 Å². The zero-order valence-corrected chi connectivity index (χ0v) is 10.8. The third-order valence-electron chi connectivity index (χ3n) is 3.23. The standard InChI is InChI=1S/C12H18N2O2S/c1-10-4-2-3-9-14(10)17(15,16)12-7-5-11(13)6-8-12/h5-8,10H,2-4,9,13H2,1H3/t10-/m1/s1. The lowest BCUT2D eigenvalue weighted by Gasteiger charge is -2.32. The Morgan fingerprint density at radius 2 is 1.88 bits per heavy atom. The number of nitrogen functional groups attached to an aromatic ring is 1. The molecule has 17 heavy (non-hydrogen) atoms. The molecule has 4 nitrogen and oxygen atoms in total. The number of anilines is 1. The summed E-state index contributed by atoms with van der Waals surface area (Å²) >= 11 is 0. The van der Waals surface area contributed by atoms with Crippen molar-refractivity contribution in [2.45, 2.75) is 37.1 Å². The molecule has 1 aromatic rings. The Morgan fingerprint density at radius 3 is 2.47 bits per heavy atom. The smallest absolute Gasteiger partial charge is 0.243 e. The summed E-state index contributed by atoms with van der Waals surface area (Å²) in [4.78, 5) is 0.334. The molecule has 0 radical (unpaired) electrons. The molecule has 1 atom stereocenters. The van der Waals surface area contributed by atoms with Crippen LogP contribution in [0, 0.1) is 0 Å². The fraction of sp³-hybridized carbons (Fsp3) is 0.500. The van der Waals surface area contributed by atoms with E-state index < -0.39 is 10.0 Å². The van der Waals surface area contributed by atoms with Crippen LogP contribution >= 0.6 is 0 Å². The summed E-state index contributed by atoms with van der Waals surface area (Å²) in [6.07, 6.45) is 2.99. The third-order valence-corrected chi connectivity index (χ3v) is 5.26. The summed E-state index contributed by atoms with van der Waals surface area (Å²) < 4.78 is 26.4. The normalized spacial score (nSPS) is 22.5. The summed E-state index contributed by atoms with van der Waals surface area (Å²) in [6, 6.07) is 6.49. The zero-order valence-electron chi connectivity index (χ0n) is 9.96. The molecule has 2 N–H and O–H groups in total. The molecular weight excluding hydrogens is 236 g/mol. The van der Waals surface area contributed by atoms with Crippen LogP contribution in [0.15, 0.2) is 29.2 Å². The Balaban J connectivity index is 2.32. The molecule has 1 fully saturated rings. The maximum Gasteiger partial charge on any atom is 0.243 e. The zero-order chi connectivity index (χ0) is 12.5. The highest BCUT2D eigenvalue weighted by atomic mass is 32.2. The van der Waals surface area contributed by atoms with E-state index in [-0.39, 0.29) is 6.04 Å². The van der Waals surface area contributed by atoms with E-state index in [1.54, 1.807) is 28.6 Å². The van der Waals surface area contributed by atoms with Crippen LogP contribution in [0.25, 0.3) is 0 Å². The van der Waals surface area contributed by atoms with Crippen LogP contribution in [0.5, 0.6) is 0 Å². The van der Waals surface area contributed by atoms with Crippen LogP contribution < -0.4 is 5.73 Å². The number of hydrogen-bond donors (Lipinski definition) is 1. The van der Waals surface area contributed by atoms with E-state index in [1.165, 1.54) is 0 Å². The van der Waals surface area contributed by atoms with Gasteiger partial charge in [0.2, 0.25) is 10.0 Å². The Kier molecular flexibility index (Phi) is 3.40. The summed E-state index contributed by atoms with van der Waals surface area (Å²) in [7, 11) is -3.35. The fourth-order valence-corrected chi connectivity index (χ4v) is 3.90. The van der Waals surface area contributed by atoms with Gasteiger partial charge in [-0.2, -0.15) is 4.31 Å². The first-order valence-electron chi connectivity index (χ1n) is 5.89. The molecule has 0 amide bonds. The first-order chi connectivity index (χ1) is 8.01. The molecule has 0 aliphatic carbocycles. The van der Waals surface area contributed by atoms with Crippen molar-refractivity contribution in [3.8, 4) is 0 Å². The minimum Gasteiger partial charge on any atom is -0.399 e. The lowest BCUT2D eigenvalue weighted by Crippen LogP contribution is -2.41. The summed E-state index contributed by atoms with van der Waals surface area (Å²) in [5.41, 5.74) is 6.15. The quantitative estimate of drug-likeness (QED) is 0.819. The van der Waals surface area contributed by atoms with Crippen molar-refractivity contribution in [2.75, 3.05) is 12.3 Å². The van der Waals surface area contributed by atoms with Gasteiger partial charge < -0.3 is 5.73 Å². The fourth-order valence-electron chi connectivity index (χ4n) is 2.20. The van der Waals surface area contributed by atoms with E-state index in [9.17, 15) is 8.42 Å². The Morgan fingerprint density at radius 1 is 1.24 bits per heavy atom. The van der Waals surface area contributed by atoms with Crippen molar-refractivity contribution in [1.82, 2.24) is 4.31 Å². The molecule has 1 heterocycles. The monoisotopic (exact) mass is 254 g/mol. The number of piperidine rings is 1. The van der Waals surface area contributed by atoms with Crippen LogP contribution in [0.3, 0.4) is 0 Å². The van der Waals surface area contributed by atoms with Crippen molar-refractivity contribution >= 4 is 15.7 Å². The van der Waals surface area contributed by atoms with E-state index in [0.29, 0.717) is 17.1 Å². The molecule has 0 spiro atoms. The van der Waals surface area contributed by atoms with E-state index in [2.05, 4.69) is 0 Å². The Bertz CT molecular complexity index is 482. The number of sulfonamides is 1. The second kappa shape index (κ2) is 4.66. The van der Waals surface area contributed by atoms with Crippen LogP contribution in [0.2, 0.25) is 0 Å². The first-order valence-corrected chi connectivity index (χ1v) is 7.33. The molecule has 0 saturated carbocycles. The van der Waals surface area contributed by atoms with Gasteiger partial charge in [0.1, 0.15) is 0 Å². The van der Waals surface area contributed by atoms with Crippen molar-refractivity contribution in [3.05, 3.63) is 24.3 Å². The van der Waals surface area contributed by atoms with Crippen LogP contribution in [0.1, 0.15) is 26.2 Å². The van der Waals surface area contributed by atoms with Crippen LogP contribution in [0.4, 0.5) is 5.69 Å².